The lowest BCUT2D eigenvalue weighted by Crippen LogP contribution is -3.13. The van der Waals surface area contributed by atoms with E-state index in [1.54, 1.807) is 14.2 Å². The minimum absolute atomic E-state index is 0.00252. The van der Waals surface area contributed by atoms with E-state index >= 15 is 0 Å². The molecule has 1 unspecified atom stereocenters. The number of quaternary nitrogens is 1. The Kier molecular flexibility index (Phi) is 7.80. The van der Waals surface area contributed by atoms with Crippen molar-refractivity contribution in [3.8, 4) is 11.5 Å². The summed E-state index contributed by atoms with van der Waals surface area (Å²) in [5, 5.41) is 6.12. The minimum atomic E-state index is -0.114. The lowest BCUT2D eigenvalue weighted by atomic mass is 9.86. The number of hydrogen-bond acceptors (Lipinski definition) is 3. The molecule has 0 aliphatic carbocycles. The molecule has 0 saturated carbocycles. The van der Waals surface area contributed by atoms with Gasteiger partial charge in [0, 0.05) is 24.1 Å². The molecular weight excluding hydrogens is 390 g/mol. The van der Waals surface area contributed by atoms with Gasteiger partial charge in [-0.05, 0) is 43.5 Å². The van der Waals surface area contributed by atoms with Crippen LogP contribution in [0.1, 0.15) is 48.6 Å². The smallest absolute Gasteiger partial charge is 0.315 e. The number of carbonyl (C=O) groups is 1. The SMILES string of the molecule is CCNC(=O)N[C@H](CC)[C@@H]1c2cc(OC)c(OC)cc2CC[NH+]1Cc1ccccc1C. The highest BCUT2D eigenvalue weighted by Gasteiger charge is 2.38. The molecule has 0 saturated heterocycles. The number of hydrogen-bond donors (Lipinski definition) is 3. The Morgan fingerprint density at radius 3 is 2.52 bits per heavy atom. The summed E-state index contributed by atoms with van der Waals surface area (Å²) in [5.74, 6) is 1.49. The topological polar surface area (TPSA) is 64.0 Å². The maximum Gasteiger partial charge on any atom is 0.315 e. The van der Waals surface area contributed by atoms with Gasteiger partial charge in [-0.2, -0.15) is 0 Å². The fourth-order valence-corrected chi connectivity index (χ4v) is 4.67. The highest BCUT2D eigenvalue weighted by molar-refractivity contribution is 5.74. The first-order valence-electron chi connectivity index (χ1n) is 11.2. The maximum atomic E-state index is 12.4. The standard InChI is InChI=1S/C25H35N3O3/c1-6-21(27-25(29)26-7-2)24-20-15-23(31-5)22(30-4)14-18(20)12-13-28(24)16-19-11-9-8-10-17(19)3/h8-11,14-15,21,24H,6-7,12-13,16H2,1-5H3,(H2,26,27,29)/p+1/t21-,24+/m1/s1. The van der Waals surface area contributed by atoms with E-state index in [1.807, 2.05) is 6.92 Å². The van der Waals surface area contributed by atoms with E-state index in [0.29, 0.717) is 6.54 Å². The van der Waals surface area contributed by atoms with Gasteiger partial charge in [-0.3, -0.25) is 0 Å². The zero-order valence-corrected chi connectivity index (χ0v) is 19.4. The van der Waals surface area contributed by atoms with Gasteiger partial charge in [0.25, 0.3) is 0 Å². The maximum absolute atomic E-state index is 12.4. The molecule has 1 heterocycles. The molecule has 0 radical (unpaired) electrons. The van der Waals surface area contributed by atoms with Crippen LogP contribution >= 0.6 is 0 Å². The zero-order chi connectivity index (χ0) is 22.4. The molecule has 2 aromatic carbocycles. The van der Waals surface area contributed by atoms with Crippen LogP contribution < -0.4 is 25.0 Å². The van der Waals surface area contributed by atoms with Gasteiger partial charge in [0.15, 0.2) is 11.5 Å². The molecule has 3 N–H and O–H groups in total. The Morgan fingerprint density at radius 1 is 1.16 bits per heavy atom. The third kappa shape index (κ3) is 5.13. The summed E-state index contributed by atoms with van der Waals surface area (Å²) in [6.45, 7) is 8.75. The Hall–Kier alpha value is -2.73. The van der Waals surface area contributed by atoms with Crippen molar-refractivity contribution in [3.63, 3.8) is 0 Å². The van der Waals surface area contributed by atoms with Crippen molar-refractivity contribution < 1.29 is 19.2 Å². The number of carbonyl (C=O) groups excluding carboxylic acids is 1. The van der Waals surface area contributed by atoms with Crippen molar-refractivity contribution in [1.29, 1.82) is 0 Å². The summed E-state index contributed by atoms with van der Waals surface area (Å²) < 4.78 is 11.2. The van der Waals surface area contributed by atoms with Crippen molar-refractivity contribution in [3.05, 3.63) is 58.7 Å². The molecule has 0 fully saturated rings. The molecule has 31 heavy (non-hydrogen) atoms. The van der Waals surface area contributed by atoms with Crippen molar-refractivity contribution in [2.24, 2.45) is 0 Å². The number of amides is 2. The summed E-state index contributed by atoms with van der Waals surface area (Å²) in [4.78, 5) is 13.9. The molecule has 0 bridgehead atoms. The van der Waals surface area contributed by atoms with Gasteiger partial charge in [-0.25, -0.2) is 4.79 Å². The number of ether oxygens (including phenoxy) is 2. The molecule has 0 aromatic heterocycles. The minimum Gasteiger partial charge on any atom is -0.493 e. The Bertz CT molecular complexity index is 900. The molecule has 3 atom stereocenters. The van der Waals surface area contributed by atoms with Crippen LogP contribution in [0.5, 0.6) is 11.5 Å². The van der Waals surface area contributed by atoms with E-state index < -0.39 is 0 Å². The Morgan fingerprint density at radius 2 is 1.87 bits per heavy atom. The van der Waals surface area contributed by atoms with Gasteiger partial charge in [0.1, 0.15) is 12.6 Å². The van der Waals surface area contributed by atoms with Crippen LogP contribution in [0, 0.1) is 6.92 Å². The number of nitrogens with one attached hydrogen (secondary N) is 3. The molecule has 1 aliphatic heterocycles. The third-order valence-corrected chi connectivity index (χ3v) is 6.31. The summed E-state index contributed by atoms with van der Waals surface area (Å²) >= 11 is 0. The van der Waals surface area contributed by atoms with Gasteiger partial charge in [0.05, 0.1) is 26.8 Å². The highest BCUT2D eigenvalue weighted by Crippen LogP contribution is 2.35. The van der Waals surface area contributed by atoms with E-state index in [4.69, 9.17) is 9.47 Å². The number of aryl methyl sites for hydroxylation is 1. The van der Waals surface area contributed by atoms with Crippen LogP contribution in [-0.4, -0.2) is 39.4 Å². The first kappa shape index (κ1) is 22.9. The lowest BCUT2D eigenvalue weighted by molar-refractivity contribution is -0.948. The molecule has 0 spiro atoms. The predicted molar refractivity (Wildman–Crippen MR) is 123 cm³/mol. The molecule has 168 valence electrons. The second-order valence-corrected chi connectivity index (χ2v) is 8.16. The second-order valence-electron chi connectivity index (χ2n) is 8.16. The molecule has 6 nitrogen and oxygen atoms in total. The van der Waals surface area contributed by atoms with Gasteiger partial charge >= 0.3 is 6.03 Å². The number of rotatable bonds is 8. The van der Waals surface area contributed by atoms with Crippen LogP contribution in [0.3, 0.4) is 0 Å². The van der Waals surface area contributed by atoms with Crippen molar-refractivity contribution in [2.45, 2.75) is 52.2 Å². The summed E-state index contributed by atoms with van der Waals surface area (Å²) in [6.07, 6.45) is 1.80. The Labute approximate surface area is 185 Å². The number of urea groups is 1. The van der Waals surface area contributed by atoms with Crippen LogP contribution in [-0.2, 0) is 13.0 Å². The van der Waals surface area contributed by atoms with Crippen LogP contribution in [0.2, 0.25) is 0 Å². The number of fused-ring (bicyclic) bond motifs is 1. The van der Waals surface area contributed by atoms with E-state index in [-0.39, 0.29) is 18.1 Å². The molecule has 2 amide bonds. The van der Waals surface area contributed by atoms with Crippen LogP contribution in [0.15, 0.2) is 36.4 Å². The fraction of sp³-hybridized carbons (Fsp3) is 0.480. The van der Waals surface area contributed by atoms with Gasteiger partial charge in [-0.15, -0.1) is 0 Å². The summed E-state index contributed by atoms with van der Waals surface area (Å²) in [5.41, 5.74) is 5.15. The molecule has 3 rings (SSSR count). The molecular formula is C25H36N3O3+. The average molecular weight is 427 g/mol. The second kappa shape index (κ2) is 10.5. The number of benzene rings is 2. The molecule has 1 aliphatic rings. The monoisotopic (exact) mass is 426 g/mol. The van der Waals surface area contributed by atoms with Gasteiger partial charge in [-0.1, -0.05) is 31.2 Å². The van der Waals surface area contributed by atoms with Crippen molar-refractivity contribution in [1.82, 2.24) is 10.6 Å². The normalized spacial score (nSPS) is 18.6. The van der Waals surface area contributed by atoms with Crippen LogP contribution in [0.4, 0.5) is 4.79 Å². The fourth-order valence-electron chi connectivity index (χ4n) is 4.67. The van der Waals surface area contributed by atoms with E-state index in [1.165, 1.54) is 27.2 Å². The third-order valence-electron chi connectivity index (χ3n) is 6.31. The lowest BCUT2D eigenvalue weighted by Gasteiger charge is -2.39. The van der Waals surface area contributed by atoms with Crippen molar-refractivity contribution in [2.75, 3.05) is 27.3 Å². The van der Waals surface area contributed by atoms with Gasteiger partial charge in [0.2, 0.25) is 0 Å². The summed E-state index contributed by atoms with van der Waals surface area (Å²) in [7, 11) is 3.34. The predicted octanol–water partition coefficient (Wildman–Crippen LogP) is 2.79. The Balaban J connectivity index is 2.03. The largest absolute Gasteiger partial charge is 0.493 e. The molecule has 2 aromatic rings. The quantitative estimate of drug-likeness (QED) is 0.608. The average Bonchev–Trinajstić information content (AvgIpc) is 2.78. The first-order valence-corrected chi connectivity index (χ1v) is 11.2. The highest BCUT2D eigenvalue weighted by atomic mass is 16.5. The zero-order valence-electron chi connectivity index (χ0n) is 19.4. The summed E-state index contributed by atoms with van der Waals surface area (Å²) in [6, 6.07) is 12.8. The van der Waals surface area contributed by atoms with Crippen molar-refractivity contribution >= 4 is 6.03 Å². The van der Waals surface area contributed by atoms with E-state index in [0.717, 1.165) is 37.4 Å². The van der Waals surface area contributed by atoms with E-state index in [2.05, 4.69) is 60.9 Å². The molecule has 6 heteroatoms. The number of methoxy groups -OCH3 is 2. The first-order chi connectivity index (χ1) is 15.0. The van der Waals surface area contributed by atoms with Gasteiger partial charge < -0.3 is 25.0 Å². The van der Waals surface area contributed by atoms with Crippen LogP contribution in [0.25, 0.3) is 0 Å². The van der Waals surface area contributed by atoms with E-state index in [9.17, 15) is 4.79 Å².